The van der Waals surface area contributed by atoms with Crippen LogP contribution in [-0.2, 0) is 4.79 Å². The second kappa shape index (κ2) is 5.80. The van der Waals surface area contributed by atoms with Crippen molar-refractivity contribution in [1.29, 1.82) is 5.26 Å². The van der Waals surface area contributed by atoms with Gasteiger partial charge in [0.1, 0.15) is 6.07 Å². The summed E-state index contributed by atoms with van der Waals surface area (Å²) in [5.41, 5.74) is 1.97. The van der Waals surface area contributed by atoms with E-state index in [1.54, 1.807) is 41.7 Å². The van der Waals surface area contributed by atoms with Gasteiger partial charge in [-0.3, -0.25) is 4.79 Å². The monoisotopic (exact) mass is 254 g/mol. The van der Waals surface area contributed by atoms with E-state index < -0.39 is 0 Å². The van der Waals surface area contributed by atoms with Crippen LogP contribution < -0.4 is 5.32 Å². The number of nitriles is 1. The lowest BCUT2D eigenvalue weighted by atomic mass is 10.2. The molecular formula is C14H10N2OS. The van der Waals surface area contributed by atoms with Crippen LogP contribution in [0.25, 0.3) is 6.08 Å². The van der Waals surface area contributed by atoms with Crippen LogP contribution in [0.15, 0.2) is 47.2 Å². The molecule has 3 nitrogen and oxygen atoms in total. The van der Waals surface area contributed by atoms with Crippen molar-refractivity contribution >= 4 is 29.0 Å². The molecule has 0 aliphatic heterocycles. The second-order valence-corrected chi connectivity index (χ2v) is 4.32. The van der Waals surface area contributed by atoms with Crippen LogP contribution in [0.4, 0.5) is 5.69 Å². The van der Waals surface area contributed by atoms with E-state index in [9.17, 15) is 4.79 Å². The number of amides is 1. The molecule has 0 bridgehead atoms. The molecule has 0 unspecified atom stereocenters. The highest BCUT2D eigenvalue weighted by atomic mass is 32.1. The number of hydrogen-bond donors (Lipinski definition) is 1. The van der Waals surface area contributed by atoms with Crippen LogP contribution in [0.3, 0.4) is 0 Å². The summed E-state index contributed by atoms with van der Waals surface area (Å²) in [4.78, 5) is 11.7. The van der Waals surface area contributed by atoms with E-state index in [1.165, 1.54) is 6.08 Å². The Balaban J connectivity index is 2.06. The SMILES string of the molecule is N#Cc1ccccc1NC(=O)/C=C/c1ccsc1. The Kier molecular flexibility index (Phi) is 3.90. The summed E-state index contributed by atoms with van der Waals surface area (Å²) in [6, 6.07) is 10.9. The molecule has 0 fully saturated rings. The number of rotatable bonds is 3. The van der Waals surface area contributed by atoms with Gasteiger partial charge in [0, 0.05) is 6.08 Å². The third kappa shape index (κ3) is 3.06. The molecule has 0 aliphatic rings. The number of benzene rings is 1. The van der Waals surface area contributed by atoms with Crippen molar-refractivity contribution in [3.05, 3.63) is 58.3 Å². The maximum Gasteiger partial charge on any atom is 0.248 e. The van der Waals surface area contributed by atoms with Crippen LogP contribution in [-0.4, -0.2) is 5.91 Å². The quantitative estimate of drug-likeness (QED) is 0.855. The van der Waals surface area contributed by atoms with Gasteiger partial charge in [-0.15, -0.1) is 0 Å². The molecule has 0 saturated carbocycles. The first-order valence-electron chi connectivity index (χ1n) is 5.30. The average Bonchev–Trinajstić information content (AvgIpc) is 2.90. The van der Waals surface area contributed by atoms with E-state index in [2.05, 4.69) is 5.32 Å². The fraction of sp³-hybridized carbons (Fsp3) is 0. The number of thiophene rings is 1. The molecule has 1 heterocycles. The zero-order valence-corrected chi connectivity index (χ0v) is 10.3. The molecule has 1 aromatic carbocycles. The number of nitrogens with zero attached hydrogens (tertiary/aromatic N) is 1. The Morgan fingerprint density at radius 1 is 1.33 bits per heavy atom. The van der Waals surface area contributed by atoms with E-state index in [0.717, 1.165) is 5.56 Å². The highest BCUT2D eigenvalue weighted by Gasteiger charge is 2.02. The molecule has 2 rings (SSSR count). The number of carbonyl (C=O) groups is 1. The van der Waals surface area contributed by atoms with E-state index in [-0.39, 0.29) is 5.91 Å². The summed E-state index contributed by atoms with van der Waals surface area (Å²) in [6.45, 7) is 0. The number of anilines is 1. The number of carbonyl (C=O) groups excluding carboxylic acids is 1. The van der Waals surface area contributed by atoms with Gasteiger partial charge in [0.25, 0.3) is 0 Å². The van der Waals surface area contributed by atoms with Crippen molar-refractivity contribution in [2.75, 3.05) is 5.32 Å². The Hall–Kier alpha value is -2.38. The fourth-order valence-electron chi connectivity index (χ4n) is 1.41. The summed E-state index contributed by atoms with van der Waals surface area (Å²) in [5, 5.41) is 15.5. The zero-order valence-electron chi connectivity index (χ0n) is 9.46. The van der Waals surface area contributed by atoms with E-state index in [1.807, 2.05) is 22.9 Å². The zero-order chi connectivity index (χ0) is 12.8. The maximum absolute atomic E-state index is 11.7. The highest BCUT2D eigenvalue weighted by Crippen LogP contribution is 2.13. The molecule has 1 amide bonds. The summed E-state index contributed by atoms with van der Waals surface area (Å²) in [6.07, 6.45) is 3.19. The van der Waals surface area contributed by atoms with Crippen molar-refractivity contribution in [3.8, 4) is 6.07 Å². The van der Waals surface area contributed by atoms with E-state index in [4.69, 9.17) is 5.26 Å². The predicted molar refractivity (Wildman–Crippen MR) is 73.1 cm³/mol. The molecule has 0 aliphatic carbocycles. The molecule has 0 atom stereocenters. The van der Waals surface area contributed by atoms with Crippen LogP contribution in [0.1, 0.15) is 11.1 Å². The molecule has 18 heavy (non-hydrogen) atoms. The number of nitrogens with one attached hydrogen (secondary N) is 1. The molecule has 0 spiro atoms. The molecule has 1 aromatic heterocycles. The van der Waals surface area contributed by atoms with Crippen LogP contribution in [0.2, 0.25) is 0 Å². The highest BCUT2D eigenvalue weighted by molar-refractivity contribution is 7.08. The molecule has 0 saturated heterocycles. The van der Waals surface area contributed by atoms with Gasteiger partial charge in [0.2, 0.25) is 5.91 Å². The summed E-state index contributed by atoms with van der Waals surface area (Å²) >= 11 is 1.58. The van der Waals surface area contributed by atoms with Gasteiger partial charge < -0.3 is 5.32 Å². The molecule has 88 valence electrons. The maximum atomic E-state index is 11.7. The van der Waals surface area contributed by atoms with Gasteiger partial charge >= 0.3 is 0 Å². The largest absolute Gasteiger partial charge is 0.321 e. The molecule has 0 radical (unpaired) electrons. The van der Waals surface area contributed by atoms with Crippen LogP contribution in [0.5, 0.6) is 0 Å². The number of hydrogen-bond acceptors (Lipinski definition) is 3. The van der Waals surface area contributed by atoms with Crippen molar-refractivity contribution in [2.45, 2.75) is 0 Å². The first kappa shape index (κ1) is 12.1. The third-order valence-corrected chi connectivity index (χ3v) is 2.98. The molecule has 4 heteroatoms. The van der Waals surface area contributed by atoms with Gasteiger partial charge in [0.15, 0.2) is 0 Å². The average molecular weight is 254 g/mol. The molecule has 2 aromatic rings. The minimum absolute atomic E-state index is 0.246. The lowest BCUT2D eigenvalue weighted by molar-refractivity contribution is -0.111. The van der Waals surface area contributed by atoms with Crippen molar-refractivity contribution in [3.63, 3.8) is 0 Å². The van der Waals surface area contributed by atoms with Gasteiger partial charge in [-0.05, 0) is 40.6 Å². The van der Waals surface area contributed by atoms with Crippen molar-refractivity contribution in [2.24, 2.45) is 0 Å². The second-order valence-electron chi connectivity index (χ2n) is 3.54. The van der Waals surface area contributed by atoms with Crippen LogP contribution >= 0.6 is 11.3 Å². The van der Waals surface area contributed by atoms with Gasteiger partial charge in [0.05, 0.1) is 11.3 Å². The molecular weight excluding hydrogens is 244 g/mol. The third-order valence-electron chi connectivity index (χ3n) is 2.28. The summed E-state index contributed by atoms with van der Waals surface area (Å²) in [7, 11) is 0. The molecule has 1 N–H and O–H groups in total. The minimum Gasteiger partial charge on any atom is -0.321 e. The van der Waals surface area contributed by atoms with Crippen LogP contribution in [0, 0.1) is 11.3 Å². The first-order chi connectivity index (χ1) is 8.79. The normalized spacial score (nSPS) is 10.2. The van der Waals surface area contributed by atoms with E-state index in [0.29, 0.717) is 11.3 Å². The summed E-state index contributed by atoms with van der Waals surface area (Å²) < 4.78 is 0. The Bertz CT molecular complexity index is 609. The Labute approximate surface area is 109 Å². The van der Waals surface area contributed by atoms with Gasteiger partial charge in [-0.2, -0.15) is 16.6 Å². The summed E-state index contributed by atoms with van der Waals surface area (Å²) in [5.74, 6) is -0.246. The van der Waals surface area contributed by atoms with Gasteiger partial charge in [-0.25, -0.2) is 0 Å². The standard InChI is InChI=1S/C14H10N2OS/c15-9-12-3-1-2-4-13(12)16-14(17)6-5-11-7-8-18-10-11/h1-8,10H,(H,16,17)/b6-5+. The topological polar surface area (TPSA) is 52.9 Å². The minimum atomic E-state index is -0.246. The Morgan fingerprint density at radius 2 is 2.17 bits per heavy atom. The number of para-hydroxylation sites is 1. The smallest absolute Gasteiger partial charge is 0.248 e. The lowest BCUT2D eigenvalue weighted by Gasteiger charge is -2.03. The predicted octanol–water partition coefficient (Wildman–Crippen LogP) is 3.27. The Morgan fingerprint density at radius 3 is 2.89 bits per heavy atom. The lowest BCUT2D eigenvalue weighted by Crippen LogP contribution is -2.08. The fourth-order valence-corrected chi connectivity index (χ4v) is 2.03. The van der Waals surface area contributed by atoms with Crippen molar-refractivity contribution < 1.29 is 4.79 Å². The van der Waals surface area contributed by atoms with Crippen molar-refractivity contribution in [1.82, 2.24) is 0 Å². The van der Waals surface area contributed by atoms with E-state index >= 15 is 0 Å². The first-order valence-corrected chi connectivity index (χ1v) is 6.24. The van der Waals surface area contributed by atoms with Gasteiger partial charge in [-0.1, -0.05) is 12.1 Å².